The fourth-order valence-electron chi connectivity index (χ4n) is 2.88. The Hall–Kier alpha value is -1.56. The Bertz CT molecular complexity index is 504. The molecular formula is C17H23F3N2O. The van der Waals surface area contributed by atoms with Gasteiger partial charge in [-0.25, -0.2) is 0 Å². The first-order valence-corrected chi connectivity index (χ1v) is 8.01. The van der Waals surface area contributed by atoms with Crippen molar-refractivity contribution in [2.75, 3.05) is 26.2 Å². The topological polar surface area (TPSA) is 23.6 Å². The lowest BCUT2D eigenvalue weighted by Crippen LogP contribution is -2.47. The number of benzene rings is 1. The van der Waals surface area contributed by atoms with Crippen LogP contribution in [0.2, 0.25) is 0 Å². The Morgan fingerprint density at radius 3 is 2.61 bits per heavy atom. The Morgan fingerprint density at radius 2 is 2.00 bits per heavy atom. The molecule has 128 valence electrons. The number of carbonyl (C=O) groups is 1. The molecule has 3 nitrogen and oxygen atoms in total. The Kier molecular flexibility index (Phi) is 6.04. The zero-order chi connectivity index (χ0) is 16.9. The van der Waals surface area contributed by atoms with E-state index in [-0.39, 0.29) is 25.4 Å². The summed E-state index contributed by atoms with van der Waals surface area (Å²) >= 11 is 0. The maximum atomic E-state index is 12.8. The minimum atomic E-state index is -4.21. The van der Waals surface area contributed by atoms with Crippen molar-refractivity contribution in [2.24, 2.45) is 5.92 Å². The molecule has 1 unspecified atom stereocenters. The number of likely N-dealkylation sites (tertiary alicyclic amines) is 1. The molecule has 1 amide bonds. The SMILES string of the molecule is CCN(CC(=O)N1CCCC(C(F)(F)F)C1)Cc1ccccc1. The number of nitrogens with zero attached hydrogens (tertiary/aromatic N) is 2. The monoisotopic (exact) mass is 328 g/mol. The highest BCUT2D eigenvalue weighted by Gasteiger charge is 2.42. The molecule has 1 aliphatic rings. The third-order valence-electron chi connectivity index (χ3n) is 4.29. The molecule has 2 rings (SSSR count). The highest BCUT2D eigenvalue weighted by molar-refractivity contribution is 5.78. The Morgan fingerprint density at radius 1 is 1.30 bits per heavy atom. The van der Waals surface area contributed by atoms with Crippen molar-refractivity contribution >= 4 is 5.91 Å². The average molecular weight is 328 g/mol. The summed E-state index contributed by atoms with van der Waals surface area (Å²) in [7, 11) is 0. The highest BCUT2D eigenvalue weighted by atomic mass is 19.4. The number of amides is 1. The van der Waals surface area contributed by atoms with Crippen molar-refractivity contribution in [1.82, 2.24) is 9.80 Å². The van der Waals surface area contributed by atoms with Crippen LogP contribution in [0, 0.1) is 5.92 Å². The fourth-order valence-corrected chi connectivity index (χ4v) is 2.88. The highest BCUT2D eigenvalue weighted by Crippen LogP contribution is 2.33. The lowest BCUT2D eigenvalue weighted by molar-refractivity contribution is -0.188. The molecule has 1 heterocycles. The van der Waals surface area contributed by atoms with Crippen LogP contribution in [0.5, 0.6) is 0 Å². The van der Waals surface area contributed by atoms with Crippen LogP contribution in [0.4, 0.5) is 13.2 Å². The van der Waals surface area contributed by atoms with Crippen LogP contribution in [-0.2, 0) is 11.3 Å². The molecule has 0 bridgehead atoms. The molecule has 1 aliphatic heterocycles. The van der Waals surface area contributed by atoms with E-state index >= 15 is 0 Å². The summed E-state index contributed by atoms with van der Waals surface area (Å²) in [6.07, 6.45) is -3.68. The maximum Gasteiger partial charge on any atom is 0.393 e. The van der Waals surface area contributed by atoms with Gasteiger partial charge in [-0.15, -0.1) is 0 Å². The summed E-state index contributed by atoms with van der Waals surface area (Å²) in [4.78, 5) is 15.7. The number of likely N-dealkylation sites (N-methyl/N-ethyl adjacent to an activating group) is 1. The van der Waals surface area contributed by atoms with Gasteiger partial charge in [0.05, 0.1) is 12.5 Å². The van der Waals surface area contributed by atoms with Gasteiger partial charge in [-0.05, 0) is 24.9 Å². The van der Waals surface area contributed by atoms with Crippen molar-refractivity contribution in [1.29, 1.82) is 0 Å². The van der Waals surface area contributed by atoms with E-state index in [1.165, 1.54) is 4.90 Å². The van der Waals surface area contributed by atoms with Crippen molar-refractivity contribution in [3.8, 4) is 0 Å². The van der Waals surface area contributed by atoms with Gasteiger partial charge in [0.1, 0.15) is 0 Å². The number of alkyl halides is 3. The molecule has 1 saturated heterocycles. The predicted octanol–water partition coefficient (Wildman–Crippen LogP) is 3.31. The van der Waals surface area contributed by atoms with Crippen LogP contribution in [0.1, 0.15) is 25.3 Å². The van der Waals surface area contributed by atoms with E-state index in [2.05, 4.69) is 0 Å². The number of hydrogen-bond donors (Lipinski definition) is 0. The molecule has 6 heteroatoms. The number of carbonyl (C=O) groups excluding carboxylic acids is 1. The van der Waals surface area contributed by atoms with E-state index in [4.69, 9.17) is 0 Å². The quantitative estimate of drug-likeness (QED) is 0.828. The minimum Gasteiger partial charge on any atom is -0.341 e. The van der Waals surface area contributed by atoms with Crippen molar-refractivity contribution < 1.29 is 18.0 Å². The number of hydrogen-bond acceptors (Lipinski definition) is 2. The van der Waals surface area contributed by atoms with Gasteiger partial charge >= 0.3 is 6.18 Å². The number of rotatable bonds is 5. The van der Waals surface area contributed by atoms with E-state index in [0.717, 1.165) is 5.56 Å². The van der Waals surface area contributed by atoms with E-state index in [9.17, 15) is 18.0 Å². The smallest absolute Gasteiger partial charge is 0.341 e. The standard InChI is InChI=1S/C17H23F3N2O/c1-2-21(11-14-7-4-3-5-8-14)13-16(23)22-10-6-9-15(12-22)17(18,19)20/h3-5,7-8,15H,2,6,9-13H2,1H3. The van der Waals surface area contributed by atoms with Crippen LogP contribution in [0.25, 0.3) is 0 Å². The minimum absolute atomic E-state index is 0.120. The molecule has 0 N–H and O–H groups in total. The Balaban J connectivity index is 1.91. The van der Waals surface area contributed by atoms with E-state index in [0.29, 0.717) is 26.1 Å². The Labute approximate surface area is 135 Å². The summed E-state index contributed by atoms with van der Waals surface area (Å²) in [5.74, 6) is -1.60. The molecule has 23 heavy (non-hydrogen) atoms. The molecule has 0 aliphatic carbocycles. The summed E-state index contributed by atoms with van der Waals surface area (Å²) in [5.41, 5.74) is 1.09. The summed E-state index contributed by atoms with van der Waals surface area (Å²) < 4.78 is 38.5. The third-order valence-corrected chi connectivity index (χ3v) is 4.29. The molecule has 1 aromatic carbocycles. The van der Waals surface area contributed by atoms with Gasteiger partial charge in [-0.1, -0.05) is 37.3 Å². The van der Waals surface area contributed by atoms with Crippen LogP contribution < -0.4 is 0 Å². The number of halogens is 3. The third kappa shape index (κ3) is 5.23. The molecule has 1 fully saturated rings. The summed E-state index contributed by atoms with van der Waals surface area (Å²) in [6, 6.07) is 9.75. The maximum absolute atomic E-state index is 12.8. The first-order valence-electron chi connectivity index (χ1n) is 8.01. The lowest BCUT2D eigenvalue weighted by atomic mass is 9.97. The van der Waals surface area contributed by atoms with Gasteiger partial charge in [0, 0.05) is 19.6 Å². The molecule has 0 spiro atoms. The van der Waals surface area contributed by atoms with E-state index in [1.54, 1.807) is 0 Å². The molecular weight excluding hydrogens is 305 g/mol. The fraction of sp³-hybridized carbons (Fsp3) is 0.588. The second-order valence-corrected chi connectivity index (χ2v) is 6.01. The van der Waals surface area contributed by atoms with Crippen molar-refractivity contribution in [3.05, 3.63) is 35.9 Å². The largest absolute Gasteiger partial charge is 0.393 e. The van der Waals surface area contributed by atoms with Gasteiger partial charge in [-0.2, -0.15) is 13.2 Å². The van der Waals surface area contributed by atoms with E-state index < -0.39 is 12.1 Å². The first-order chi connectivity index (χ1) is 10.9. The van der Waals surface area contributed by atoms with E-state index in [1.807, 2.05) is 42.2 Å². The molecule has 1 aromatic rings. The van der Waals surface area contributed by atoms with Crippen molar-refractivity contribution in [3.63, 3.8) is 0 Å². The van der Waals surface area contributed by atoms with Crippen LogP contribution in [0.15, 0.2) is 30.3 Å². The van der Waals surface area contributed by atoms with Gasteiger partial charge in [0.15, 0.2) is 0 Å². The summed E-state index contributed by atoms with van der Waals surface area (Å²) in [6.45, 7) is 3.64. The second kappa shape index (κ2) is 7.81. The lowest BCUT2D eigenvalue weighted by Gasteiger charge is -2.35. The molecule has 0 aromatic heterocycles. The number of piperidine rings is 1. The van der Waals surface area contributed by atoms with Gasteiger partial charge < -0.3 is 4.90 Å². The average Bonchev–Trinajstić information content (AvgIpc) is 2.54. The van der Waals surface area contributed by atoms with Crippen LogP contribution in [0.3, 0.4) is 0 Å². The zero-order valence-corrected chi connectivity index (χ0v) is 13.4. The van der Waals surface area contributed by atoms with Gasteiger partial charge in [0.2, 0.25) is 5.91 Å². The summed E-state index contributed by atoms with van der Waals surface area (Å²) in [5, 5.41) is 0. The van der Waals surface area contributed by atoms with Gasteiger partial charge in [0.25, 0.3) is 0 Å². The van der Waals surface area contributed by atoms with Gasteiger partial charge in [-0.3, -0.25) is 9.69 Å². The zero-order valence-electron chi connectivity index (χ0n) is 13.4. The van der Waals surface area contributed by atoms with Crippen LogP contribution in [-0.4, -0.2) is 48.1 Å². The molecule has 0 saturated carbocycles. The predicted molar refractivity (Wildman–Crippen MR) is 82.8 cm³/mol. The molecule has 1 atom stereocenters. The molecule has 0 radical (unpaired) electrons. The first kappa shape index (κ1) is 17.8. The van der Waals surface area contributed by atoms with Crippen molar-refractivity contribution in [2.45, 2.75) is 32.5 Å². The van der Waals surface area contributed by atoms with Crippen LogP contribution >= 0.6 is 0 Å². The normalized spacial score (nSPS) is 19.2. The second-order valence-electron chi connectivity index (χ2n) is 6.01.